The zero-order chi connectivity index (χ0) is 13.1. The second-order valence-corrected chi connectivity index (χ2v) is 6.25. The van der Waals surface area contributed by atoms with Gasteiger partial charge in [-0.1, -0.05) is 67.7 Å². The van der Waals surface area contributed by atoms with Crippen LogP contribution in [0.15, 0.2) is 51.4 Å². The average Bonchev–Trinajstić information content (AvgIpc) is 2.32. The first-order chi connectivity index (χ1) is 8.58. The van der Waals surface area contributed by atoms with E-state index in [0.29, 0.717) is 0 Å². The van der Waals surface area contributed by atoms with Gasteiger partial charge in [0.1, 0.15) is 0 Å². The number of hydrogen-bond donors (Lipinski definition) is 1. The predicted molar refractivity (Wildman–Crippen MR) is 83.9 cm³/mol. The lowest BCUT2D eigenvalue weighted by atomic mass is 10.00. The van der Waals surface area contributed by atoms with Crippen LogP contribution in [-0.4, -0.2) is 0 Å². The summed E-state index contributed by atoms with van der Waals surface area (Å²) in [6.45, 7) is 0. The van der Waals surface area contributed by atoms with E-state index in [1.54, 1.807) is 0 Å². The molecular weight excluding hydrogens is 377 g/mol. The van der Waals surface area contributed by atoms with Gasteiger partial charge < -0.3 is 5.73 Å². The van der Waals surface area contributed by atoms with E-state index >= 15 is 0 Å². The largest absolute Gasteiger partial charge is 0.324 e. The number of rotatable bonds is 3. The molecule has 1 atom stereocenters. The standard InChI is InChI=1S/C14H12Br2ClN/c15-10-5-6-11(12(16)8-10)14(18)7-9-3-1-2-4-13(9)17/h1-6,8,14H,7,18H2. The number of benzene rings is 2. The van der Waals surface area contributed by atoms with E-state index < -0.39 is 0 Å². The Kier molecular flexibility index (Phi) is 4.84. The molecule has 0 fully saturated rings. The highest BCUT2D eigenvalue weighted by Crippen LogP contribution is 2.29. The summed E-state index contributed by atoms with van der Waals surface area (Å²) in [5.74, 6) is 0. The molecule has 2 N–H and O–H groups in total. The maximum atomic E-state index is 6.24. The Morgan fingerprint density at radius 1 is 1.11 bits per heavy atom. The predicted octanol–water partition coefficient (Wildman–Crippen LogP) is 5.11. The van der Waals surface area contributed by atoms with E-state index in [0.717, 1.165) is 31.5 Å². The Bertz CT molecular complexity index is 557. The fourth-order valence-corrected chi connectivity index (χ4v) is 3.37. The molecule has 0 saturated carbocycles. The summed E-state index contributed by atoms with van der Waals surface area (Å²) in [7, 11) is 0. The Balaban J connectivity index is 2.22. The van der Waals surface area contributed by atoms with Crippen LogP contribution in [0, 0.1) is 0 Å². The van der Waals surface area contributed by atoms with Gasteiger partial charge in [-0.3, -0.25) is 0 Å². The molecule has 0 spiro atoms. The first kappa shape index (κ1) is 14.1. The molecule has 1 nitrogen and oxygen atoms in total. The number of nitrogens with two attached hydrogens (primary N) is 1. The molecule has 0 radical (unpaired) electrons. The average molecular weight is 390 g/mol. The van der Waals surface area contributed by atoms with Crippen LogP contribution in [0.1, 0.15) is 17.2 Å². The van der Waals surface area contributed by atoms with Crippen molar-refractivity contribution in [3.05, 3.63) is 67.6 Å². The zero-order valence-electron chi connectivity index (χ0n) is 9.54. The van der Waals surface area contributed by atoms with Gasteiger partial charge in [-0.15, -0.1) is 0 Å². The van der Waals surface area contributed by atoms with Crippen LogP contribution >= 0.6 is 43.5 Å². The second-order valence-electron chi connectivity index (χ2n) is 4.07. The van der Waals surface area contributed by atoms with Crippen LogP contribution < -0.4 is 5.73 Å². The quantitative estimate of drug-likeness (QED) is 0.776. The van der Waals surface area contributed by atoms with Crippen molar-refractivity contribution in [3.8, 4) is 0 Å². The summed E-state index contributed by atoms with van der Waals surface area (Å²) in [6.07, 6.45) is 0.722. The van der Waals surface area contributed by atoms with Crippen LogP contribution in [-0.2, 0) is 6.42 Å². The first-order valence-corrected chi connectivity index (χ1v) is 7.48. The molecule has 0 aliphatic heterocycles. The summed E-state index contributed by atoms with van der Waals surface area (Å²) in [5.41, 5.74) is 8.40. The maximum Gasteiger partial charge on any atom is 0.0438 e. The SMILES string of the molecule is NC(Cc1ccccc1Cl)c1ccc(Br)cc1Br. The van der Waals surface area contributed by atoms with Crippen LogP contribution in [0.5, 0.6) is 0 Å². The normalized spacial score (nSPS) is 12.4. The Hall–Kier alpha value is -0.350. The molecule has 0 bridgehead atoms. The fourth-order valence-electron chi connectivity index (χ4n) is 1.81. The van der Waals surface area contributed by atoms with Gasteiger partial charge in [-0.05, 0) is 35.7 Å². The summed E-state index contributed by atoms with van der Waals surface area (Å²) >= 11 is 13.1. The Labute approximate surface area is 129 Å². The molecule has 0 saturated heterocycles. The van der Waals surface area contributed by atoms with E-state index in [9.17, 15) is 0 Å². The first-order valence-electron chi connectivity index (χ1n) is 5.52. The van der Waals surface area contributed by atoms with Crippen molar-refractivity contribution < 1.29 is 0 Å². The smallest absolute Gasteiger partial charge is 0.0438 e. The van der Waals surface area contributed by atoms with Gasteiger partial charge in [0.2, 0.25) is 0 Å². The third kappa shape index (κ3) is 3.35. The Morgan fingerprint density at radius 2 is 1.83 bits per heavy atom. The fraction of sp³-hybridized carbons (Fsp3) is 0.143. The minimum absolute atomic E-state index is 0.0765. The van der Waals surface area contributed by atoms with Gasteiger partial charge in [-0.25, -0.2) is 0 Å². The lowest BCUT2D eigenvalue weighted by Crippen LogP contribution is -2.14. The number of halogens is 3. The van der Waals surface area contributed by atoms with Crippen LogP contribution in [0.4, 0.5) is 0 Å². The summed E-state index contributed by atoms with van der Waals surface area (Å²) in [5, 5.41) is 0.765. The van der Waals surface area contributed by atoms with E-state index in [-0.39, 0.29) is 6.04 Å². The maximum absolute atomic E-state index is 6.24. The van der Waals surface area contributed by atoms with Crippen molar-refractivity contribution in [2.75, 3.05) is 0 Å². The van der Waals surface area contributed by atoms with Crippen molar-refractivity contribution in [2.45, 2.75) is 12.5 Å². The molecular formula is C14H12Br2ClN. The molecule has 0 heterocycles. The van der Waals surface area contributed by atoms with E-state index in [1.807, 2.05) is 42.5 Å². The van der Waals surface area contributed by atoms with E-state index in [1.165, 1.54) is 0 Å². The molecule has 2 aromatic rings. The molecule has 2 rings (SSSR count). The zero-order valence-corrected chi connectivity index (χ0v) is 13.5. The number of hydrogen-bond acceptors (Lipinski definition) is 1. The topological polar surface area (TPSA) is 26.0 Å². The second kappa shape index (κ2) is 6.20. The Morgan fingerprint density at radius 3 is 2.50 bits per heavy atom. The molecule has 0 aliphatic rings. The molecule has 4 heteroatoms. The van der Waals surface area contributed by atoms with Crippen LogP contribution in [0.25, 0.3) is 0 Å². The lowest BCUT2D eigenvalue weighted by Gasteiger charge is -2.15. The van der Waals surface area contributed by atoms with Gasteiger partial charge in [0.25, 0.3) is 0 Å². The van der Waals surface area contributed by atoms with Gasteiger partial charge in [-0.2, -0.15) is 0 Å². The molecule has 2 aromatic carbocycles. The summed E-state index contributed by atoms with van der Waals surface area (Å²) in [6, 6.07) is 13.7. The molecule has 0 aliphatic carbocycles. The van der Waals surface area contributed by atoms with Crippen molar-refractivity contribution in [1.82, 2.24) is 0 Å². The van der Waals surface area contributed by atoms with Crippen molar-refractivity contribution in [3.63, 3.8) is 0 Å². The van der Waals surface area contributed by atoms with Crippen LogP contribution in [0.3, 0.4) is 0 Å². The van der Waals surface area contributed by atoms with E-state index in [4.69, 9.17) is 17.3 Å². The van der Waals surface area contributed by atoms with Crippen molar-refractivity contribution >= 4 is 43.5 Å². The molecule has 94 valence electrons. The highest BCUT2D eigenvalue weighted by molar-refractivity contribution is 9.11. The molecule has 18 heavy (non-hydrogen) atoms. The molecule has 1 unspecified atom stereocenters. The van der Waals surface area contributed by atoms with Gasteiger partial charge >= 0.3 is 0 Å². The van der Waals surface area contributed by atoms with Gasteiger partial charge in [0.05, 0.1) is 0 Å². The minimum Gasteiger partial charge on any atom is -0.324 e. The third-order valence-electron chi connectivity index (χ3n) is 2.76. The highest BCUT2D eigenvalue weighted by Gasteiger charge is 2.12. The summed E-state index contributed by atoms with van der Waals surface area (Å²) < 4.78 is 2.04. The summed E-state index contributed by atoms with van der Waals surface area (Å²) in [4.78, 5) is 0. The molecule has 0 amide bonds. The van der Waals surface area contributed by atoms with Crippen molar-refractivity contribution in [2.24, 2.45) is 5.73 Å². The van der Waals surface area contributed by atoms with Crippen molar-refractivity contribution in [1.29, 1.82) is 0 Å². The molecule has 0 aromatic heterocycles. The highest BCUT2D eigenvalue weighted by atomic mass is 79.9. The third-order valence-corrected chi connectivity index (χ3v) is 4.31. The van der Waals surface area contributed by atoms with E-state index in [2.05, 4.69) is 31.9 Å². The monoisotopic (exact) mass is 387 g/mol. The minimum atomic E-state index is -0.0765. The lowest BCUT2D eigenvalue weighted by molar-refractivity contribution is 0.718. The van der Waals surface area contributed by atoms with Gasteiger partial charge in [0, 0.05) is 20.0 Å². The van der Waals surface area contributed by atoms with Gasteiger partial charge in [0.15, 0.2) is 0 Å². The van der Waals surface area contributed by atoms with Crippen LogP contribution in [0.2, 0.25) is 5.02 Å².